The van der Waals surface area contributed by atoms with Gasteiger partial charge in [0.05, 0.1) is 11.1 Å². The molecule has 10 heteroatoms. The van der Waals surface area contributed by atoms with Crippen LogP contribution in [0, 0.1) is 0 Å². The number of halogens is 4. The van der Waals surface area contributed by atoms with Gasteiger partial charge < -0.3 is 19.5 Å². The zero-order chi connectivity index (χ0) is 20.6. The molecule has 3 heterocycles. The monoisotopic (exact) mass is 440 g/mol. The lowest BCUT2D eigenvalue weighted by Crippen LogP contribution is -2.28. The van der Waals surface area contributed by atoms with E-state index in [1.54, 1.807) is 6.07 Å². The summed E-state index contributed by atoms with van der Waals surface area (Å²) < 4.78 is 43.2. The van der Waals surface area contributed by atoms with Gasteiger partial charge in [-0.15, -0.1) is 25.6 Å². The number of rotatable bonds is 4. The average molecular weight is 441 g/mol. The minimum atomic E-state index is -4.76. The van der Waals surface area contributed by atoms with Crippen molar-refractivity contribution < 1.29 is 22.7 Å². The third-order valence-electron chi connectivity index (χ3n) is 4.86. The van der Waals surface area contributed by atoms with E-state index in [1.165, 1.54) is 24.4 Å². The van der Waals surface area contributed by atoms with Crippen molar-refractivity contribution in [2.75, 3.05) is 18.4 Å². The van der Waals surface area contributed by atoms with Gasteiger partial charge in [-0.3, -0.25) is 4.79 Å². The summed E-state index contributed by atoms with van der Waals surface area (Å²) in [5.41, 5.74) is 1.62. The maximum absolute atomic E-state index is 12.9. The summed E-state index contributed by atoms with van der Waals surface area (Å²) in [5.74, 6) is 0.0595. The second-order valence-corrected chi connectivity index (χ2v) is 6.91. The summed E-state index contributed by atoms with van der Waals surface area (Å²) in [4.78, 5) is 19.1. The van der Waals surface area contributed by atoms with E-state index >= 15 is 0 Å². The van der Waals surface area contributed by atoms with E-state index in [2.05, 4.69) is 15.0 Å². The summed E-state index contributed by atoms with van der Waals surface area (Å²) >= 11 is 0. The summed E-state index contributed by atoms with van der Waals surface area (Å²) in [6.07, 6.45) is 0.556. The van der Waals surface area contributed by atoms with Crippen LogP contribution in [0.1, 0.15) is 23.2 Å². The van der Waals surface area contributed by atoms with Crippen LogP contribution in [0.2, 0.25) is 0 Å². The van der Waals surface area contributed by atoms with Crippen molar-refractivity contribution in [3.8, 4) is 5.75 Å². The van der Waals surface area contributed by atoms with Crippen LogP contribution in [0.25, 0.3) is 10.9 Å². The summed E-state index contributed by atoms with van der Waals surface area (Å²) in [5, 5.41) is 3.73. The Labute approximate surface area is 177 Å². The molecule has 1 fully saturated rings. The number of alkyl halides is 3. The molecule has 1 amide bonds. The Kier molecular flexibility index (Phi) is 6.12. The van der Waals surface area contributed by atoms with Crippen molar-refractivity contribution in [2.24, 2.45) is 7.05 Å². The van der Waals surface area contributed by atoms with E-state index in [0.717, 1.165) is 31.4 Å². The van der Waals surface area contributed by atoms with Crippen LogP contribution in [0.4, 0.5) is 24.7 Å². The van der Waals surface area contributed by atoms with Gasteiger partial charge in [0.2, 0.25) is 0 Å². The fourth-order valence-electron chi connectivity index (χ4n) is 3.57. The molecular formula is C20H20ClF3N4O2. The Balaban J connectivity index is 0.00000256. The number of amides is 1. The van der Waals surface area contributed by atoms with Gasteiger partial charge in [-0.25, -0.2) is 4.98 Å². The highest BCUT2D eigenvalue weighted by Gasteiger charge is 2.31. The van der Waals surface area contributed by atoms with E-state index in [-0.39, 0.29) is 24.1 Å². The molecule has 160 valence electrons. The minimum absolute atomic E-state index is 0. The number of anilines is 2. The quantitative estimate of drug-likeness (QED) is 0.628. The largest absolute Gasteiger partial charge is 0.573 e. The first-order valence-corrected chi connectivity index (χ1v) is 9.18. The normalized spacial score (nSPS) is 13.9. The zero-order valence-electron chi connectivity index (χ0n) is 16.1. The fourth-order valence-corrected chi connectivity index (χ4v) is 3.57. The Morgan fingerprint density at radius 3 is 2.63 bits per heavy atom. The lowest BCUT2D eigenvalue weighted by Gasteiger charge is -2.17. The van der Waals surface area contributed by atoms with Crippen molar-refractivity contribution in [1.82, 2.24) is 14.5 Å². The van der Waals surface area contributed by atoms with Gasteiger partial charge in [-0.2, -0.15) is 0 Å². The number of aryl methyl sites for hydroxylation is 1. The lowest BCUT2D eigenvalue weighted by molar-refractivity contribution is -0.274. The molecule has 30 heavy (non-hydrogen) atoms. The van der Waals surface area contributed by atoms with Gasteiger partial charge >= 0.3 is 6.36 Å². The van der Waals surface area contributed by atoms with Gasteiger partial charge in [0, 0.05) is 49.7 Å². The Morgan fingerprint density at radius 2 is 1.93 bits per heavy atom. The number of hydrogen-bond acceptors (Lipinski definition) is 4. The highest BCUT2D eigenvalue weighted by Crippen LogP contribution is 2.31. The van der Waals surface area contributed by atoms with Crippen molar-refractivity contribution in [3.05, 3.63) is 48.3 Å². The van der Waals surface area contributed by atoms with E-state index in [1.807, 2.05) is 28.8 Å². The van der Waals surface area contributed by atoms with Gasteiger partial charge in [-0.05, 0) is 31.0 Å². The second-order valence-electron chi connectivity index (χ2n) is 6.91. The van der Waals surface area contributed by atoms with Crippen LogP contribution in [0.15, 0.2) is 42.7 Å². The number of nitrogens with one attached hydrogen (secondary N) is 1. The van der Waals surface area contributed by atoms with Crippen molar-refractivity contribution in [1.29, 1.82) is 0 Å². The molecule has 1 aliphatic heterocycles. The molecule has 1 N–H and O–H groups in total. The van der Waals surface area contributed by atoms with Crippen LogP contribution in [-0.4, -0.2) is 39.8 Å². The minimum Gasteiger partial charge on any atom is -0.406 e. The first kappa shape index (κ1) is 21.8. The van der Waals surface area contributed by atoms with E-state index in [0.29, 0.717) is 22.5 Å². The molecule has 1 aliphatic rings. The van der Waals surface area contributed by atoms with Crippen LogP contribution in [0.5, 0.6) is 5.75 Å². The number of likely N-dealkylation sites (tertiary alicyclic amines) is 1. The SMILES string of the molecule is Cl.Cn1ccc2c(Nc3cccc(OC(F)(F)F)c3)ncc(C(=O)N3CCCC3)c21. The second kappa shape index (κ2) is 8.43. The highest BCUT2D eigenvalue weighted by atomic mass is 35.5. The summed E-state index contributed by atoms with van der Waals surface area (Å²) in [6, 6.07) is 7.36. The molecule has 0 bridgehead atoms. The van der Waals surface area contributed by atoms with Crippen molar-refractivity contribution >= 4 is 40.7 Å². The molecule has 0 unspecified atom stereocenters. The number of fused-ring (bicyclic) bond motifs is 1. The Morgan fingerprint density at radius 1 is 1.20 bits per heavy atom. The predicted octanol–water partition coefficient (Wildman–Crippen LogP) is 4.87. The molecule has 0 saturated carbocycles. The lowest BCUT2D eigenvalue weighted by atomic mass is 10.1. The number of aromatic nitrogens is 2. The molecule has 6 nitrogen and oxygen atoms in total. The predicted molar refractivity (Wildman–Crippen MR) is 110 cm³/mol. The molecule has 0 atom stereocenters. The molecule has 3 aromatic rings. The molecular weight excluding hydrogens is 421 g/mol. The van der Waals surface area contributed by atoms with Gasteiger partial charge in [-0.1, -0.05) is 6.07 Å². The smallest absolute Gasteiger partial charge is 0.406 e. The molecule has 1 aromatic carbocycles. The van der Waals surface area contributed by atoms with E-state index in [4.69, 9.17) is 0 Å². The third kappa shape index (κ3) is 4.46. The number of hydrogen-bond donors (Lipinski definition) is 1. The third-order valence-corrected chi connectivity index (χ3v) is 4.86. The maximum Gasteiger partial charge on any atom is 0.573 e. The Hall–Kier alpha value is -2.94. The molecule has 1 saturated heterocycles. The maximum atomic E-state index is 12.9. The molecule has 2 aromatic heterocycles. The number of carbonyl (C=O) groups is 1. The van der Waals surface area contributed by atoms with Gasteiger partial charge in [0.15, 0.2) is 0 Å². The zero-order valence-corrected chi connectivity index (χ0v) is 16.9. The average Bonchev–Trinajstić information content (AvgIpc) is 3.31. The van der Waals surface area contributed by atoms with Gasteiger partial charge in [0.25, 0.3) is 5.91 Å². The number of benzene rings is 1. The number of pyridine rings is 1. The summed E-state index contributed by atoms with van der Waals surface area (Å²) in [6.45, 7) is 1.47. The number of ether oxygens (including phenoxy) is 1. The van der Waals surface area contributed by atoms with Crippen LogP contribution < -0.4 is 10.1 Å². The fraction of sp³-hybridized carbons (Fsp3) is 0.300. The van der Waals surface area contributed by atoms with E-state index < -0.39 is 6.36 Å². The van der Waals surface area contributed by atoms with Crippen LogP contribution in [-0.2, 0) is 7.05 Å². The molecule has 0 radical (unpaired) electrons. The van der Waals surface area contributed by atoms with Crippen molar-refractivity contribution in [3.63, 3.8) is 0 Å². The van der Waals surface area contributed by atoms with Gasteiger partial charge in [0.1, 0.15) is 11.6 Å². The highest BCUT2D eigenvalue weighted by molar-refractivity contribution is 6.08. The summed E-state index contributed by atoms with van der Waals surface area (Å²) in [7, 11) is 1.84. The van der Waals surface area contributed by atoms with E-state index in [9.17, 15) is 18.0 Å². The van der Waals surface area contributed by atoms with Crippen molar-refractivity contribution in [2.45, 2.75) is 19.2 Å². The standard InChI is InChI=1S/C20H19F3N4O2.ClH/c1-26-10-7-15-17(26)16(19(28)27-8-2-3-9-27)12-24-18(15)25-13-5-4-6-14(11-13)29-20(21,22)23;/h4-7,10-12H,2-3,8-9H2,1H3,(H,24,25);1H. The topological polar surface area (TPSA) is 59.4 Å². The Bertz CT molecular complexity index is 1060. The molecule has 4 rings (SSSR count). The van der Waals surface area contributed by atoms with Crippen LogP contribution >= 0.6 is 12.4 Å². The number of carbonyl (C=O) groups excluding carboxylic acids is 1. The molecule has 0 aliphatic carbocycles. The number of nitrogens with zero attached hydrogens (tertiary/aromatic N) is 3. The first-order valence-electron chi connectivity index (χ1n) is 9.18. The first-order chi connectivity index (χ1) is 13.8. The van der Waals surface area contributed by atoms with Crippen LogP contribution in [0.3, 0.4) is 0 Å². The molecule has 0 spiro atoms.